The molecule has 0 unspecified atom stereocenters. The Morgan fingerprint density at radius 1 is 0.724 bits per heavy atom. The molecular formula is C21H18F3N3OS. The van der Waals surface area contributed by atoms with Gasteiger partial charge in [-0.25, -0.2) is 0 Å². The van der Waals surface area contributed by atoms with Crippen molar-refractivity contribution < 1.29 is 17.9 Å². The highest BCUT2D eigenvalue weighted by Crippen LogP contribution is 2.30. The lowest BCUT2D eigenvalue weighted by atomic mass is 10.2. The van der Waals surface area contributed by atoms with Crippen LogP contribution in [0.5, 0.6) is 5.75 Å². The molecule has 3 aromatic rings. The van der Waals surface area contributed by atoms with Crippen molar-refractivity contribution in [2.24, 2.45) is 0 Å². The van der Waals surface area contributed by atoms with E-state index in [0.29, 0.717) is 5.69 Å². The van der Waals surface area contributed by atoms with Crippen LogP contribution in [0.25, 0.3) is 0 Å². The molecule has 8 heteroatoms. The van der Waals surface area contributed by atoms with E-state index in [1.54, 1.807) is 7.11 Å². The van der Waals surface area contributed by atoms with Gasteiger partial charge in [0.25, 0.3) is 0 Å². The minimum Gasteiger partial charge on any atom is -0.497 e. The van der Waals surface area contributed by atoms with Crippen LogP contribution in [-0.2, 0) is 6.18 Å². The Morgan fingerprint density at radius 2 is 1.14 bits per heavy atom. The maximum absolute atomic E-state index is 12.6. The minimum absolute atomic E-state index is 0.278. The Kier molecular flexibility index (Phi) is 6.23. The maximum Gasteiger partial charge on any atom is 0.416 e. The predicted molar refractivity (Wildman–Crippen MR) is 114 cm³/mol. The second kappa shape index (κ2) is 8.83. The van der Waals surface area contributed by atoms with E-state index in [1.807, 2.05) is 48.5 Å². The van der Waals surface area contributed by atoms with Crippen LogP contribution in [0.15, 0.2) is 72.8 Å². The molecule has 4 nitrogen and oxygen atoms in total. The van der Waals surface area contributed by atoms with Crippen molar-refractivity contribution in [1.82, 2.24) is 0 Å². The number of benzene rings is 3. The predicted octanol–water partition coefficient (Wildman–Crippen LogP) is 6.27. The van der Waals surface area contributed by atoms with Gasteiger partial charge in [-0.1, -0.05) is 0 Å². The quantitative estimate of drug-likeness (QED) is 0.427. The lowest BCUT2D eigenvalue weighted by molar-refractivity contribution is -0.137. The SMILES string of the molecule is COc1ccc(Nc2ccc(NC(=S)Nc3ccc(C(F)(F)F)cc3)cc2)cc1. The van der Waals surface area contributed by atoms with Crippen molar-refractivity contribution in [3.05, 3.63) is 78.4 Å². The number of thiocarbonyl (C=S) groups is 1. The molecule has 0 heterocycles. The van der Waals surface area contributed by atoms with Gasteiger partial charge in [-0.15, -0.1) is 0 Å². The molecule has 0 saturated carbocycles. The monoisotopic (exact) mass is 417 g/mol. The molecule has 3 N–H and O–H groups in total. The zero-order valence-electron chi connectivity index (χ0n) is 15.4. The Morgan fingerprint density at radius 3 is 1.59 bits per heavy atom. The summed E-state index contributed by atoms with van der Waals surface area (Å²) in [5.74, 6) is 0.782. The first-order valence-corrected chi connectivity index (χ1v) is 9.01. The third-order valence-corrected chi connectivity index (χ3v) is 4.20. The molecule has 0 aromatic heterocycles. The summed E-state index contributed by atoms with van der Waals surface area (Å²) in [4.78, 5) is 0. The molecule has 150 valence electrons. The lowest BCUT2D eigenvalue weighted by Crippen LogP contribution is -2.19. The number of hydrogen-bond donors (Lipinski definition) is 3. The number of alkyl halides is 3. The van der Waals surface area contributed by atoms with Crippen molar-refractivity contribution in [3.8, 4) is 5.75 Å². The fourth-order valence-electron chi connectivity index (χ4n) is 2.51. The molecule has 29 heavy (non-hydrogen) atoms. The van der Waals surface area contributed by atoms with E-state index in [-0.39, 0.29) is 5.11 Å². The summed E-state index contributed by atoms with van der Waals surface area (Å²) >= 11 is 5.21. The lowest BCUT2D eigenvalue weighted by Gasteiger charge is -2.13. The Bertz CT molecular complexity index is 956. The molecule has 0 aliphatic heterocycles. The van der Waals surface area contributed by atoms with Gasteiger partial charge in [-0.2, -0.15) is 13.2 Å². The van der Waals surface area contributed by atoms with Gasteiger partial charge in [0.1, 0.15) is 5.75 Å². The van der Waals surface area contributed by atoms with Crippen LogP contribution in [0, 0.1) is 0 Å². The molecule has 0 aliphatic carbocycles. The number of methoxy groups -OCH3 is 1. The Balaban J connectivity index is 1.55. The van der Waals surface area contributed by atoms with Gasteiger partial charge >= 0.3 is 6.18 Å². The number of rotatable bonds is 5. The summed E-state index contributed by atoms with van der Waals surface area (Å²) in [6, 6.07) is 19.7. The average molecular weight is 417 g/mol. The zero-order valence-corrected chi connectivity index (χ0v) is 16.2. The number of hydrogen-bond acceptors (Lipinski definition) is 3. The second-order valence-corrected chi connectivity index (χ2v) is 6.49. The van der Waals surface area contributed by atoms with E-state index < -0.39 is 11.7 Å². The number of ether oxygens (including phenoxy) is 1. The summed E-state index contributed by atoms with van der Waals surface area (Å²) in [6.07, 6.45) is -4.36. The van der Waals surface area contributed by atoms with Crippen molar-refractivity contribution in [1.29, 1.82) is 0 Å². The van der Waals surface area contributed by atoms with E-state index in [2.05, 4.69) is 16.0 Å². The molecule has 0 atom stereocenters. The largest absolute Gasteiger partial charge is 0.497 e. The van der Waals surface area contributed by atoms with Crippen molar-refractivity contribution in [2.45, 2.75) is 6.18 Å². The second-order valence-electron chi connectivity index (χ2n) is 6.09. The summed E-state index contributed by atoms with van der Waals surface area (Å²) in [6.45, 7) is 0. The van der Waals surface area contributed by atoms with Crippen LogP contribution in [0.2, 0.25) is 0 Å². The number of nitrogens with one attached hydrogen (secondary N) is 3. The van der Waals surface area contributed by atoms with Crippen molar-refractivity contribution >= 4 is 40.1 Å². The first-order chi connectivity index (χ1) is 13.8. The van der Waals surface area contributed by atoms with Gasteiger partial charge in [0, 0.05) is 22.7 Å². The van der Waals surface area contributed by atoms with Gasteiger partial charge in [0.15, 0.2) is 5.11 Å². The van der Waals surface area contributed by atoms with E-state index in [4.69, 9.17) is 17.0 Å². The number of halogens is 3. The normalized spacial score (nSPS) is 10.9. The molecule has 3 aromatic carbocycles. The van der Waals surface area contributed by atoms with E-state index >= 15 is 0 Å². The molecule has 0 radical (unpaired) electrons. The first kappa shape index (κ1) is 20.5. The smallest absolute Gasteiger partial charge is 0.416 e. The van der Waals surface area contributed by atoms with Gasteiger partial charge in [0.2, 0.25) is 0 Å². The third-order valence-electron chi connectivity index (χ3n) is 3.99. The van der Waals surface area contributed by atoms with Gasteiger partial charge in [-0.3, -0.25) is 0 Å². The fraction of sp³-hybridized carbons (Fsp3) is 0.0952. The fourth-order valence-corrected chi connectivity index (χ4v) is 2.75. The Labute approximate surface area is 171 Å². The standard InChI is InChI=1S/C21H18F3N3OS/c1-28-19-12-10-16(11-13-19)25-15-6-8-18(9-7-15)27-20(29)26-17-4-2-14(3-5-17)21(22,23)24/h2-13,25H,1H3,(H2,26,27,29). The van der Waals surface area contributed by atoms with Crippen LogP contribution in [0.1, 0.15) is 5.56 Å². The van der Waals surface area contributed by atoms with Crippen LogP contribution in [0.4, 0.5) is 35.9 Å². The highest BCUT2D eigenvalue weighted by atomic mass is 32.1. The van der Waals surface area contributed by atoms with Crippen LogP contribution in [-0.4, -0.2) is 12.2 Å². The van der Waals surface area contributed by atoms with Crippen molar-refractivity contribution in [2.75, 3.05) is 23.1 Å². The van der Waals surface area contributed by atoms with Crippen molar-refractivity contribution in [3.63, 3.8) is 0 Å². The molecule has 0 amide bonds. The zero-order chi connectivity index (χ0) is 20.9. The topological polar surface area (TPSA) is 45.3 Å². The molecule has 0 saturated heterocycles. The molecule has 0 spiro atoms. The Hall–Kier alpha value is -3.26. The first-order valence-electron chi connectivity index (χ1n) is 8.60. The van der Waals surface area contributed by atoms with E-state index in [9.17, 15) is 13.2 Å². The van der Waals surface area contributed by atoms with Gasteiger partial charge in [0.05, 0.1) is 12.7 Å². The van der Waals surface area contributed by atoms with Crippen LogP contribution in [0.3, 0.4) is 0 Å². The van der Waals surface area contributed by atoms with Gasteiger partial charge < -0.3 is 20.7 Å². The summed E-state index contributed by atoms with van der Waals surface area (Å²) in [7, 11) is 1.62. The highest BCUT2D eigenvalue weighted by Gasteiger charge is 2.29. The van der Waals surface area contributed by atoms with Crippen LogP contribution >= 0.6 is 12.2 Å². The summed E-state index contributed by atoms with van der Waals surface area (Å²) in [5.41, 5.74) is 2.32. The highest BCUT2D eigenvalue weighted by molar-refractivity contribution is 7.80. The van der Waals surface area contributed by atoms with E-state index in [0.717, 1.165) is 34.9 Å². The summed E-state index contributed by atoms with van der Waals surface area (Å²) in [5, 5.41) is 9.40. The summed E-state index contributed by atoms with van der Waals surface area (Å²) < 4.78 is 42.9. The molecule has 0 aliphatic rings. The van der Waals surface area contributed by atoms with Crippen LogP contribution < -0.4 is 20.7 Å². The molecular weight excluding hydrogens is 399 g/mol. The molecule has 0 fully saturated rings. The molecule has 3 rings (SSSR count). The minimum atomic E-state index is -4.36. The number of anilines is 4. The molecule has 0 bridgehead atoms. The van der Waals surface area contributed by atoms with E-state index in [1.165, 1.54) is 12.1 Å². The third kappa shape index (κ3) is 5.86. The maximum atomic E-state index is 12.6. The van der Waals surface area contributed by atoms with Gasteiger partial charge in [-0.05, 0) is 85.0 Å². The average Bonchev–Trinajstić information content (AvgIpc) is 2.70.